The highest BCUT2D eigenvalue weighted by atomic mass is 32.1. The molecular formula is C20H13NO2S3. The average Bonchev–Trinajstić information content (AvgIpc) is 3.40. The van der Waals surface area contributed by atoms with Crippen molar-refractivity contribution in [2.75, 3.05) is 0 Å². The summed E-state index contributed by atoms with van der Waals surface area (Å²) in [5.74, 6) is 0. The third-order valence-electron chi connectivity index (χ3n) is 3.83. The Bertz CT molecular complexity index is 1040. The summed E-state index contributed by atoms with van der Waals surface area (Å²) >= 11 is 5.27. The quantitative estimate of drug-likeness (QED) is 0.263. The van der Waals surface area contributed by atoms with E-state index in [4.69, 9.17) is 0 Å². The third kappa shape index (κ3) is 3.53. The molecule has 4 rings (SSSR count). The summed E-state index contributed by atoms with van der Waals surface area (Å²) in [4.78, 5) is 15.4. The highest BCUT2D eigenvalue weighted by Crippen LogP contribution is 2.42. The van der Waals surface area contributed by atoms with Gasteiger partial charge in [0.25, 0.3) is 5.69 Å². The maximum atomic E-state index is 10.8. The van der Waals surface area contributed by atoms with E-state index in [-0.39, 0.29) is 10.6 Å². The lowest BCUT2D eigenvalue weighted by atomic mass is 10.1. The van der Waals surface area contributed by atoms with E-state index in [9.17, 15) is 10.1 Å². The molecule has 0 fully saturated rings. The van der Waals surface area contributed by atoms with E-state index in [1.54, 1.807) is 46.1 Å². The maximum absolute atomic E-state index is 10.8. The Morgan fingerprint density at radius 1 is 0.846 bits per heavy atom. The van der Waals surface area contributed by atoms with Crippen LogP contribution in [-0.4, -0.2) is 4.92 Å². The van der Waals surface area contributed by atoms with Crippen LogP contribution in [-0.2, 0) is 0 Å². The Hall–Kier alpha value is -2.54. The van der Waals surface area contributed by atoms with E-state index in [0.29, 0.717) is 0 Å². The molecule has 0 unspecified atom stereocenters. The van der Waals surface area contributed by atoms with Crippen molar-refractivity contribution in [1.29, 1.82) is 0 Å². The fourth-order valence-corrected chi connectivity index (χ4v) is 5.41. The van der Waals surface area contributed by atoms with E-state index < -0.39 is 0 Å². The molecule has 3 heterocycles. The van der Waals surface area contributed by atoms with Crippen LogP contribution < -0.4 is 0 Å². The minimum absolute atomic E-state index is 0.108. The number of nitro benzene ring substituents is 1. The monoisotopic (exact) mass is 395 g/mol. The summed E-state index contributed by atoms with van der Waals surface area (Å²) < 4.78 is 0. The number of rotatable bonds is 5. The largest absolute Gasteiger partial charge is 0.269 e. The summed E-state index contributed by atoms with van der Waals surface area (Å²) in [7, 11) is 0. The Kier molecular flexibility index (Phi) is 4.79. The van der Waals surface area contributed by atoms with Crippen molar-refractivity contribution in [3.8, 4) is 19.5 Å². The van der Waals surface area contributed by atoms with Gasteiger partial charge in [-0.2, -0.15) is 0 Å². The first-order valence-electron chi connectivity index (χ1n) is 7.85. The predicted octanol–water partition coefficient (Wildman–Crippen LogP) is 7.28. The van der Waals surface area contributed by atoms with E-state index in [1.807, 2.05) is 6.08 Å². The lowest BCUT2D eigenvalue weighted by molar-refractivity contribution is -0.384. The topological polar surface area (TPSA) is 43.1 Å². The van der Waals surface area contributed by atoms with Gasteiger partial charge in [-0.15, -0.1) is 34.0 Å². The highest BCUT2D eigenvalue weighted by Gasteiger charge is 2.12. The normalized spacial score (nSPS) is 11.2. The number of benzene rings is 1. The highest BCUT2D eigenvalue weighted by molar-refractivity contribution is 7.26. The molecule has 6 heteroatoms. The van der Waals surface area contributed by atoms with Gasteiger partial charge in [0.2, 0.25) is 0 Å². The van der Waals surface area contributed by atoms with Crippen molar-refractivity contribution in [3.05, 3.63) is 86.6 Å². The summed E-state index contributed by atoms with van der Waals surface area (Å²) in [5, 5.41) is 15.0. The lowest BCUT2D eigenvalue weighted by Gasteiger charge is -1.96. The number of non-ortho nitro benzene ring substituents is 1. The molecule has 0 N–H and O–H groups in total. The van der Waals surface area contributed by atoms with Crippen LogP contribution in [0.15, 0.2) is 65.4 Å². The minimum atomic E-state index is -0.380. The molecule has 0 radical (unpaired) electrons. The molecule has 3 nitrogen and oxygen atoms in total. The fraction of sp³-hybridized carbons (Fsp3) is 0. The number of nitrogens with zero attached hydrogens (tertiary/aromatic N) is 1. The summed E-state index contributed by atoms with van der Waals surface area (Å²) in [6.07, 6.45) is 4.09. The zero-order valence-corrected chi connectivity index (χ0v) is 15.9. The van der Waals surface area contributed by atoms with Crippen molar-refractivity contribution < 1.29 is 4.92 Å². The third-order valence-corrected chi connectivity index (χ3v) is 7.10. The van der Waals surface area contributed by atoms with Crippen molar-refractivity contribution >= 4 is 51.8 Å². The molecule has 128 valence electrons. The van der Waals surface area contributed by atoms with Gasteiger partial charge in [-0.3, -0.25) is 10.1 Å². The molecule has 0 aliphatic heterocycles. The molecule has 26 heavy (non-hydrogen) atoms. The molecule has 0 amide bonds. The summed E-state index contributed by atoms with van der Waals surface area (Å²) in [5.41, 5.74) is 2.22. The Labute approximate surface area is 162 Å². The second-order valence-corrected chi connectivity index (χ2v) is 8.48. The molecule has 4 aromatic rings. The van der Waals surface area contributed by atoms with Gasteiger partial charge < -0.3 is 0 Å². The van der Waals surface area contributed by atoms with Crippen molar-refractivity contribution in [1.82, 2.24) is 0 Å². The van der Waals surface area contributed by atoms with E-state index in [2.05, 4.69) is 47.2 Å². The molecule has 3 aromatic heterocycles. The van der Waals surface area contributed by atoms with Gasteiger partial charge in [-0.25, -0.2) is 0 Å². The summed E-state index contributed by atoms with van der Waals surface area (Å²) in [6, 6.07) is 17.2. The standard InChI is InChI=1S/C20H13NO2S3/c22-21(23)16-9-6-14(7-10-16)5-8-15-13-19(17-3-1-11-24-17)26-20(15)18-4-2-12-25-18/h1-13H/b8-5+. The van der Waals surface area contributed by atoms with Crippen LogP contribution in [0.2, 0.25) is 0 Å². The van der Waals surface area contributed by atoms with Crippen LogP contribution in [0.25, 0.3) is 31.7 Å². The Balaban J connectivity index is 1.69. The molecule has 0 atom stereocenters. The van der Waals surface area contributed by atoms with E-state index >= 15 is 0 Å². The van der Waals surface area contributed by atoms with Gasteiger partial charge in [0.15, 0.2) is 0 Å². The fourth-order valence-electron chi connectivity index (χ4n) is 2.56. The van der Waals surface area contributed by atoms with Crippen LogP contribution in [0, 0.1) is 10.1 Å². The number of nitro groups is 1. The molecule has 0 bridgehead atoms. The van der Waals surface area contributed by atoms with E-state index in [0.717, 1.165) is 5.56 Å². The zero-order chi connectivity index (χ0) is 17.9. The first kappa shape index (κ1) is 16.9. The minimum Gasteiger partial charge on any atom is -0.258 e. The first-order chi connectivity index (χ1) is 12.7. The molecule has 0 aliphatic carbocycles. The predicted molar refractivity (Wildman–Crippen MR) is 113 cm³/mol. The van der Waals surface area contributed by atoms with Crippen LogP contribution in [0.5, 0.6) is 0 Å². The van der Waals surface area contributed by atoms with Gasteiger partial charge in [0.1, 0.15) is 0 Å². The van der Waals surface area contributed by atoms with Crippen molar-refractivity contribution in [2.45, 2.75) is 0 Å². The second-order valence-electron chi connectivity index (χ2n) is 5.53. The molecule has 0 saturated heterocycles. The lowest BCUT2D eigenvalue weighted by Crippen LogP contribution is -1.86. The molecular weight excluding hydrogens is 382 g/mol. The van der Waals surface area contributed by atoms with Crippen LogP contribution in [0.1, 0.15) is 11.1 Å². The van der Waals surface area contributed by atoms with E-state index in [1.165, 1.54) is 37.2 Å². The van der Waals surface area contributed by atoms with Gasteiger partial charge in [-0.05, 0) is 52.2 Å². The van der Waals surface area contributed by atoms with Crippen LogP contribution in [0.3, 0.4) is 0 Å². The zero-order valence-electron chi connectivity index (χ0n) is 13.5. The first-order valence-corrected chi connectivity index (χ1v) is 10.4. The average molecular weight is 396 g/mol. The van der Waals surface area contributed by atoms with Gasteiger partial charge in [0, 0.05) is 26.8 Å². The second kappa shape index (κ2) is 7.37. The molecule has 0 aliphatic rings. The van der Waals surface area contributed by atoms with Gasteiger partial charge in [0.05, 0.1) is 9.80 Å². The SMILES string of the molecule is O=[N+]([O-])c1ccc(/C=C/c2cc(-c3cccs3)sc2-c2cccs2)cc1. The molecule has 0 saturated carbocycles. The van der Waals surface area contributed by atoms with Crippen LogP contribution >= 0.6 is 34.0 Å². The van der Waals surface area contributed by atoms with Gasteiger partial charge >= 0.3 is 0 Å². The number of thiophene rings is 3. The number of hydrogen-bond acceptors (Lipinski definition) is 5. The Morgan fingerprint density at radius 2 is 1.54 bits per heavy atom. The Morgan fingerprint density at radius 3 is 2.15 bits per heavy atom. The number of hydrogen-bond donors (Lipinski definition) is 0. The molecule has 0 spiro atoms. The van der Waals surface area contributed by atoms with Crippen molar-refractivity contribution in [2.24, 2.45) is 0 Å². The molecule has 1 aromatic carbocycles. The summed E-state index contributed by atoms with van der Waals surface area (Å²) in [6.45, 7) is 0. The maximum Gasteiger partial charge on any atom is 0.269 e. The van der Waals surface area contributed by atoms with Crippen LogP contribution in [0.4, 0.5) is 5.69 Å². The van der Waals surface area contributed by atoms with Gasteiger partial charge in [-0.1, -0.05) is 24.3 Å². The van der Waals surface area contributed by atoms with Crippen molar-refractivity contribution in [3.63, 3.8) is 0 Å². The smallest absolute Gasteiger partial charge is 0.258 e.